The molecule has 38 heteroatoms. The summed E-state index contributed by atoms with van der Waals surface area (Å²) >= 11 is 6.59. The highest BCUT2D eigenvalue weighted by molar-refractivity contribution is 6.31. The zero-order valence-corrected chi connectivity index (χ0v) is 49.6. The van der Waals surface area contributed by atoms with Crippen molar-refractivity contribution in [2.24, 2.45) is 21.5 Å². The third-order valence-electron chi connectivity index (χ3n) is 16.6. The summed E-state index contributed by atoms with van der Waals surface area (Å²) in [5, 5.41) is 168. The van der Waals surface area contributed by atoms with Gasteiger partial charge in [-0.25, -0.2) is 0 Å². The summed E-state index contributed by atoms with van der Waals surface area (Å²) < 4.78 is 28.3. The van der Waals surface area contributed by atoms with E-state index in [4.69, 9.17) is 46.8 Å². The number of hydrogen-bond donors (Lipinski definition) is 23. The van der Waals surface area contributed by atoms with E-state index in [1.165, 1.54) is 37.3 Å². The predicted molar refractivity (Wildman–Crippen MR) is 308 cm³/mol. The summed E-state index contributed by atoms with van der Waals surface area (Å²) in [7, 11) is 0. The van der Waals surface area contributed by atoms with Crippen molar-refractivity contribution in [2.45, 2.75) is 166 Å². The number of nitrogens with zero attached hydrogens (tertiary/aromatic N) is 3. The molecule has 6 aliphatic rings. The second kappa shape index (κ2) is 30.9. The molecule has 0 bridgehead atoms. The Balaban J connectivity index is 1.12. The molecule has 0 aromatic heterocycles. The first-order chi connectivity index (χ1) is 43.7. The molecule has 92 heavy (non-hydrogen) atoms. The largest absolute Gasteiger partial charge is 0.462 e. The molecule has 25 unspecified atom stereocenters. The van der Waals surface area contributed by atoms with Crippen molar-refractivity contribution < 1.29 is 124 Å². The molecule has 4 saturated heterocycles. The quantitative estimate of drug-likeness (QED) is 0.0699. The highest BCUT2D eigenvalue weighted by Gasteiger charge is 2.54. The minimum atomic E-state index is -2.36. The van der Waals surface area contributed by atoms with Gasteiger partial charge in [-0.1, -0.05) is 48.9 Å². The SMILES string of the molecule is CC(c1ccccc1Cl)C1NC(=O)CNC(=O)C(CO)NC(=O)C(C(O)C2CN=C(N)N2C2OC(CO)C(O)C(O)C2O)NC(=O)C(C(O)C2CN=C(N)N2)NC(=O)C(Cc2ccc(OC3OC(CO)C(OC4OC(CO)C(O)C(O)C4O)C(O)C3O)cc2)NC1=O. The normalized spacial score (nSPS) is 37.3. The fourth-order valence-electron chi connectivity index (χ4n) is 11.3. The number of amides is 6. The maximum absolute atomic E-state index is 15.1. The van der Waals surface area contributed by atoms with Gasteiger partial charge in [0.25, 0.3) is 0 Å². The lowest BCUT2D eigenvalue weighted by atomic mass is 9.91. The lowest BCUT2D eigenvalue weighted by Gasteiger charge is -2.46. The van der Waals surface area contributed by atoms with Crippen LogP contribution in [0.15, 0.2) is 58.5 Å². The smallest absolute Gasteiger partial charge is 0.246 e. The van der Waals surface area contributed by atoms with Crippen LogP contribution >= 0.6 is 11.6 Å². The molecule has 0 radical (unpaired) electrons. The van der Waals surface area contributed by atoms with Gasteiger partial charge in [0.05, 0.1) is 58.1 Å². The molecule has 25 N–H and O–H groups in total. The number of benzene rings is 2. The van der Waals surface area contributed by atoms with E-state index in [9.17, 15) is 90.7 Å². The van der Waals surface area contributed by atoms with Gasteiger partial charge >= 0.3 is 0 Å². The highest BCUT2D eigenvalue weighted by Crippen LogP contribution is 2.33. The molecule has 25 atom stereocenters. The maximum atomic E-state index is 15.1. The number of rotatable bonds is 17. The molecule has 0 spiro atoms. The predicted octanol–water partition coefficient (Wildman–Crippen LogP) is -13.0. The number of hydrogen-bond acceptors (Lipinski definition) is 31. The van der Waals surface area contributed by atoms with Crippen LogP contribution in [0, 0.1) is 0 Å². The molecular weight excluding hydrogens is 1250 g/mol. The Morgan fingerprint density at radius 3 is 1.80 bits per heavy atom. The van der Waals surface area contributed by atoms with Crippen LogP contribution in [0.1, 0.15) is 24.0 Å². The van der Waals surface area contributed by atoms with Crippen LogP contribution in [-0.2, 0) is 54.1 Å². The van der Waals surface area contributed by atoms with Crippen molar-refractivity contribution in [3.63, 3.8) is 0 Å². The van der Waals surface area contributed by atoms with Gasteiger partial charge in [0.15, 0.2) is 24.4 Å². The lowest BCUT2D eigenvalue weighted by Crippen LogP contribution is -2.70. The Hall–Kier alpha value is -6.83. The summed E-state index contributed by atoms with van der Waals surface area (Å²) in [4.78, 5) is 96.2. The number of carbonyl (C=O) groups is 6. The van der Waals surface area contributed by atoms with Gasteiger partial charge in [-0.2, -0.15) is 0 Å². The van der Waals surface area contributed by atoms with Gasteiger partial charge in [-0.3, -0.25) is 38.8 Å². The first-order valence-corrected chi connectivity index (χ1v) is 29.4. The van der Waals surface area contributed by atoms with Gasteiger partial charge in [0, 0.05) is 17.4 Å². The van der Waals surface area contributed by atoms with E-state index in [2.05, 4.69) is 47.2 Å². The number of nitrogens with two attached hydrogens (primary N) is 2. The van der Waals surface area contributed by atoms with Gasteiger partial charge in [-0.15, -0.1) is 0 Å². The summed E-state index contributed by atoms with van der Waals surface area (Å²) in [5.74, 6) is -9.33. The van der Waals surface area contributed by atoms with Crippen LogP contribution < -0.4 is 53.4 Å². The second-order valence-electron chi connectivity index (χ2n) is 22.7. The number of nitrogens with one attached hydrogen (secondary N) is 7. The summed E-state index contributed by atoms with van der Waals surface area (Å²) in [6.45, 7) is -4.12. The van der Waals surface area contributed by atoms with E-state index < -0.39 is 240 Å². The Bertz CT molecular complexity index is 2980. The zero-order chi connectivity index (χ0) is 67.2. The average molecular weight is 1330 g/mol. The van der Waals surface area contributed by atoms with Crippen LogP contribution in [0.25, 0.3) is 0 Å². The van der Waals surface area contributed by atoms with Crippen molar-refractivity contribution in [3.05, 3.63) is 64.7 Å². The third kappa shape index (κ3) is 15.7. The second-order valence-corrected chi connectivity index (χ2v) is 23.1. The lowest BCUT2D eigenvalue weighted by molar-refractivity contribution is -0.352. The van der Waals surface area contributed by atoms with E-state index in [1.54, 1.807) is 18.2 Å². The molecule has 6 aliphatic heterocycles. The Kier molecular flexibility index (Phi) is 23.9. The van der Waals surface area contributed by atoms with Crippen LogP contribution in [0.4, 0.5) is 0 Å². The van der Waals surface area contributed by atoms with Crippen LogP contribution in [0.3, 0.4) is 0 Å². The molecule has 2 aromatic rings. The fraction of sp³-hybridized carbons (Fsp3) is 0.630. The van der Waals surface area contributed by atoms with Crippen LogP contribution in [0.2, 0.25) is 5.02 Å². The van der Waals surface area contributed by atoms with E-state index in [0.29, 0.717) is 5.56 Å². The Morgan fingerprint density at radius 2 is 1.17 bits per heavy atom. The highest BCUT2D eigenvalue weighted by atomic mass is 35.5. The first kappa shape index (κ1) is 71.0. The van der Waals surface area contributed by atoms with E-state index >= 15 is 9.59 Å². The number of aliphatic hydroxyl groups is 14. The molecule has 2 aromatic carbocycles. The van der Waals surface area contributed by atoms with Gasteiger partial charge in [-0.05, 0) is 29.3 Å². The average Bonchev–Trinajstić information content (AvgIpc) is 1.43. The Morgan fingerprint density at radius 1 is 0.598 bits per heavy atom. The van der Waals surface area contributed by atoms with Crippen molar-refractivity contribution in [1.82, 2.24) is 42.1 Å². The Labute approximate surface area is 527 Å². The number of aliphatic imine (C=N–C) groups is 2. The molecule has 0 saturated carbocycles. The number of halogens is 1. The molecule has 6 heterocycles. The molecule has 37 nitrogen and oxygen atoms in total. The minimum Gasteiger partial charge on any atom is -0.462 e. The van der Waals surface area contributed by atoms with Crippen molar-refractivity contribution >= 4 is 59.0 Å². The van der Waals surface area contributed by atoms with E-state index in [0.717, 1.165) is 4.90 Å². The molecule has 8 rings (SSSR count). The molecule has 6 amide bonds. The monoisotopic (exact) mass is 1330 g/mol. The van der Waals surface area contributed by atoms with Crippen LogP contribution in [-0.4, -0.2) is 316 Å². The fourth-order valence-corrected chi connectivity index (χ4v) is 11.6. The molecular formula is C54H77ClN12O25. The van der Waals surface area contributed by atoms with Crippen molar-refractivity contribution in [1.29, 1.82) is 0 Å². The standard InChI is InChI=1S/C54H77ClN12O25/c1-18(21-4-2-3-5-22(21)55)31-47(85)61-23(10-19-6-8-20(9-7-19)88-51-43(82)40(79)44(29(17-71)91-51)92-52-42(81)39(78)37(76)28(16-70)90-52)46(84)65-32(34(73)24-11-59-53(56)63-24)49(87)66-33(48(86)62-25(14-68)45(83)58-13-30(72)64-31)35(74)26-12-60-54(57)67(26)50-41(80)38(77)36(75)27(15-69)89-50/h2-9,18,23-29,31-44,50-52,68-71,73-82H,10-17H2,1H3,(H2,57,60)(H,58,83)(H,61,85)(H,62,86)(H,64,72)(H,65,84)(H,66,87)(H3,56,59,63). The van der Waals surface area contributed by atoms with Crippen molar-refractivity contribution in [2.75, 3.05) is 46.1 Å². The number of aliphatic hydroxyl groups excluding tert-OH is 14. The van der Waals surface area contributed by atoms with Crippen LogP contribution in [0.5, 0.6) is 5.75 Å². The summed E-state index contributed by atoms with van der Waals surface area (Å²) in [6.07, 6.45) is -31.9. The molecule has 510 valence electrons. The summed E-state index contributed by atoms with van der Waals surface area (Å²) in [5.41, 5.74) is 12.6. The molecule has 0 aliphatic carbocycles. The third-order valence-corrected chi connectivity index (χ3v) is 16.9. The maximum Gasteiger partial charge on any atom is 0.246 e. The number of carbonyl (C=O) groups excluding carboxylic acids is 6. The van der Waals surface area contributed by atoms with E-state index in [1.807, 2.05) is 0 Å². The molecule has 4 fully saturated rings. The number of guanidine groups is 2. The van der Waals surface area contributed by atoms with Gasteiger partial charge < -0.3 is 149 Å². The first-order valence-electron chi connectivity index (χ1n) is 29.0. The van der Waals surface area contributed by atoms with Gasteiger partial charge in [0.2, 0.25) is 41.7 Å². The van der Waals surface area contributed by atoms with E-state index in [-0.39, 0.29) is 28.8 Å². The summed E-state index contributed by atoms with van der Waals surface area (Å²) in [6, 6.07) is -1.49. The minimum absolute atomic E-state index is 0.0868. The zero-order valence-electron chi connectivity index (χ0n) is 48.8. The van der Waals surface area contributed by atoms with Crippen molar-refractivity contribution in [3.8, 4) is 5.75 Å². The number of ether oxygens (including phenoxy) is 5. The van der Waals surface area contributed by atoms with Gasteiger partial charge in [0.1, 0.15) is 121 Å². The topological polar surface area (TPSA) is 596 Å².